The van der Waals surface area contributed by atoms with Crippen LogP contribution in [0.4, 0.5) is 0 Å². The summed E-state index contributed by atoms with van der Waals surface area (Å²) in [7, 11) is 0. The molecule has 0 fully saturated rings. The van der Waals surface area contributed by atoms with Crippen molar-refractivity contribution in [3.05, 3.63) is 176 Å². The fourth-order valence-electron chi connectivity index (χ4n) is 7.54. The van der Waals surface area contributed by atoms with E-state index in [-0.39, 0.29) is 0 Å². The van der Waals surface area contributed by atoms with Crippen molar-refractivity contribution < 1.29 is 4.42 Å². The van der Waals surface area contributed by atoms with Gasteiger partial charge in [0.2, 0.25) is 0 Å². The van der Waals surface area contributed by atoms with Gasteiger partial charge in [-0.25, -0.2) is 0 Å². The first-order valence-electron chi connectivity index (χ1n) is 16.4. The Morgan fingerprint density at radius 2 is 0.938 bits per heavy atom. The second-order valence-corrected chi connectivity index (χ2v) is 12.5. The molecule has 224 valence electrons. The Hall–Kier alpha value is -6.38. The summed E-state index contributed by atoms with van der Waals surface area (Å²) in [6.45, 7) is 0. The van der Waals surface area contributed by atoms with E-state index in [2.05, 4.69) is 168 Å². The van der Waals surface area contributed by atoms with Crippen LogP contribution in [0.15, 0.2) is 180 Å². The number of hydrogen-bond donors (Lipinski definition) is 0. The van der Waals surface area contributed by atoms with Gasteiger partial charge < -0.3 is 8.98 Å². The van der Waals surface area contributed by atoms with Crippen molar-refractivity contribution in [3.63, 3.8) is 0 Å². The number of rotatable bonds is 4. The third-order valence-corrected chi connectivity index (χ3v) is 9.81. The Balaban J connectivity index is 1.18. The van der Waals surface area contributed by atoms with Gasteiger partial charge in [-0.15, -0.1) is 0 Å². The zero-order valence-electron chi connectivity index (χ0n) is 26.1. The van der Waals surface area contributed by atoms with Crippen LogP contribution in [0.25, 0.3) is 93.6 Å². The molecule has 0 bridgehead atoms. The van der Waals surface area contributed by atoms with E-state index in [4.69, 9.17) is 4.42 Å². The van der Waals surface area contributed by atoms with Gasteiger partial charge >= 0.3 is 0 Å². The van der Waals surface area contributed by atoms with Crippen molar-refractivity contribution in [2.24, 2.45) is 0 Å². The summed E-state index contributed by atoms with van der Waals surface area (Å²) in [6, 6.07) is 63.4. The van der Waals surface area contributed by atoms with Crippen molar-refractivity contribution in [2.45, 2.75) is 0 Å². The Kier molecular flexibility index (Phi) is 5.91. The molecule has 2 aromatic heterocycles. The normalized spacial score (nSPS) is 11.8. The standard InChI is InChI=1S/C46H29NO/c1-2-11-30(12-3-1)31-13-10-14-32(27-31)33-21-23-39-38-17-6-8-19-42(38)47(44(39)29-33)43-25-24-35(36-15-4-5-16-37(36)43)34-22-26-46-41(28-34)40-18-7-9-20-45(40)48-46/h1-29H. The average Bonchev–Trinajstić information content (AvgIpc) is 3.70. The van der Waals surface area contributed by atoms with E-state index in [0.29, 0.717) is 0 Å². The van der Waals surface area contributed by atoms with Gasteiger partial charge in [-0.05, 0) is 81.2 Å². The zero-order chi connectivity index (χ0) is 31.6. The zero-order valence-corrected chi connectivity index (χ0v) is 26.1. The molecule has 0 amide bonds. The first-order valence-corrected chi connectivity index (χ1v) is 16.4. The molecule has 0 aliphatic rings. The molecule has 8 aromatic carbocycles. The lowest BCUT2D eigenvalue weighted by Crippen LogP contribution is -1.96. The molecular weight excluding hydrogens is 583 g/mol. The van der Waals surface area contributed by atoms with E-state index >= 15 is 0 Å². The molecular formula is C46H29NO. The van der Waals surface area contributed by atoms with Crippen LogP contribution >= 0.6 is 0 Å². The minimum absolute atomic E-state index is 0.913. The number of hydrogen-bond acceptors (Lipinski definition) is 1. The third kappa shape index (κ3) is 4.13. The minimum Gasteiger partial charge on any atom is -0.456 e. The molecule has 0 aliphatic heterocycles. The summed E-state index contributed by atoms with van der Waals surface area (Å²) in [5.74, 6) is 0. The molecule has 0 saturated heterocycles. The smallest absolute Gasteiger partial charge is 0.135 e. The summed E-state index contributed by atoms with van der Waals surface area (Å²) in [5.41, 5.74) is 12.6. The van der Waals surface area contributed by atoms with Crippen molar-refractivity contribution in [1.82, 2.24) is 4.57 Å². The van der Waals surface area contributed by atoms with Gasteiger partial charge in [-0.1, -0.05) is 133 Å². The molecule has 2 heterocycles. The van der Waals surface area contributed by atoms with E-state index in [1.807, 2.05) is 12.1 Å². The Morgan fingerprint density at radius 1 is 0.312 bits per heavy atom. The largest absolute Gasteiger partial charge is 0.456 e. The molecule has 0 radical (unpaired) electrons. The Bertz CT molecular complexity index is 2840. The highest BCUT2D eigenvalue weighted by Gasteiger charge is 2.17. The van der Waals surface area contributed by atoms with E-state index in [1.165, 1.54) is 71.6 Å². The fraction of sp³-hybridized carbons (Fsp3) is 0. The maximum absolute atomic E-state index is 6.15. The third-order valence-electron chi connectivity index (χ3n) is 9.81. The van der Waals surface area contributed by atoms with Gasteiger partial charge in [-0.3, -0.25) is 0 Å². The Labute approximate surface area is 277 Å². The average molecular weight is 612 g/mol. The SMILES string of the molecule is c1ccc(-c2cccc(-c3ccc4c5ccccc5n(-c5ccc(-c6ccc7oc8ccccc8c7c6)c6ccccc56)c4c3)c2)cc1. The van der Waals surface area contributed by atoms with Crippen LogP contribution < -0.4 is 0 Å². The molecule has 10 rings (SSSR count). The number of para-hydroxylation sites is 2. The van der Waals surface area contributed by atoms with Crippen molar-refractivity contribution in [1.29, 1.82) is 0 Å². The number of furan rings is 1. The van der Waals surface area contributed by atoms with Gasteiger partial charge in [0, 0.05) is 26.9 Å². The highest BCUT2D eigenvalue weighted by molar-refractivity contribution is 6.13. The maximum atomic E-state index is 6.15. The van der Waals surface area contributed by atoms with Gasteiger partial charge in [-0.2, -0.15) is 0 Å². The molecule has 0 spiro atoms. The lowest BCUT2D eigenvalue weighted by Gasteiger charge is -2.15. The second kappa shape index (κ2) is 10.6. The molecule has 0 atom stereocenters. The molecule has 0 aliphatic carbocycles. The first-order chi connectivity index (χ1) is 23.8. The van der Waals surface area contributed by atoms with Crippen LogP contribution in [0.5, 0.6) is 0 Å². The van der Waals surface area contributed by atoms with E-state index < -0.39 is 0 Å². The van der Waals surface area contributed by atoms with E-state index in [1.54, 1.807) is 0 Å². The van der Waals surface area contributed by atoms with Crippen LogP contribution in [-0.4, -0.2) is 4.57 Å². The monoisotopic (exact) mass is 611 g/mol. The number of fused-ring (bicyclic) bond motifs is 7. The topological polar surface area (TPSA) is 18.1 Å². The lowest BCUT2D eigenvalue weighted by molar-refractivity contribution is 0.669. The fourth-order valence-corrected chi connectivity index (χ4v) is 7.54. The lowest BCUT2D eigenvalue weighted by atomic mass is 9.95. The minimum atomic E-state index is 0.913. The molecule has 0 saturated carbocycles. The maximum Gasteiger partial charge on any atom is 0.135 e. The molecule has 48 heavy (non-hydrogen) atoms. The molecule has 0 unspecified atom stereocenters. The molecule has 2 heteroatoms. The van der Waals surface area contributed by atoms with Crippen LogP contribution in [0.1, 0.15) is 0 Å². The molecule has 10 aromatic rings. The highest BCUT2D eigenvalue weighted by Crippen LogP contribution is 2.40. The summed E-state index contributed by atoms with van der Waals surface area (Å²) in [6.07, 6.45) is 0. The van der Waals surface area contributed by atoms with Gasteiger partial charge in [0.05, 0.1) is 16.7 Å². The molecule has 0 N–H and O–H groups in total. The predicted octanol–water partition coefficient (Wildman–Crippen LogP) is 12.8. The summed E-state index contributed by atoms with van der Waals surface area (Å²) >= 11 is 0. The predicted molar refractivity (Wildman–Crippen MR) is 202 cm³/mol. The summed E-state index contributed by atoms with van der Waals surface area (Å²) in [4.78, 5) is 0. The summed E-state index contributed by atoms with van der Waals surface area (Å²) < 4.78 is 8.60. The quantitative estimate of drug-likeness (QED) is 0.194. The highest BCUT2D eigenvalue weighted by atomic mass is 16.3. The van der Waals surface area contributed by atoms with Crippen LogP contribution in [0.3, 0.4) is 0 Å². The number of aromatic nitrogens is 1. The summed E-state index contributed by atoms with van der Waals surface area (Å²) in [5, 5.41) is 7.22. The van der Waals surface area contributed by atoms with Crippen LogP contribution in [0, 0.1) is 0 Å². The Morgan fingerprint density at radius 3 is 1.81 bits per heavy atom. The van der Waals surface area contributed by atoms with E-state index in [0.717, 1.165) is 21.9 Å². The number of nitrogens with zero attached hydrogens (tertiary/aromatic N) is 1. The van der Waals surface area contributed by atoms with Crippen molar-refractivity contribution >= 4 is 54.5 Å². The first kappa shape index (κ1) is 26.8. The van der Waals surface area contributed by atoms with Crippen LogP contribution in [0.2, 0.25) is 0 Å². The number of benzene rings is 8. The second-order valence-electron chi connectivity index (χ2n) is 12.5. The van der Waals surface area contributed by atoms with Gasteiger partial charge in [0.25, 0.3) is 0 Å². The van der Waals surface area contributed by atoms with Gasteiger partial charge in [0.15, 0.2) is 0 Å². The van der Waals surface area contributed by atoms with Gasteiger partial charge in [0.1, 0.15) is 11.2 Å². The van der Waals surface area contributed by atoms with Crippen molar-refractivity contribution in [2.75, 3.05) is 0 Å². The van der Waals surface area contributed by atoms with E-state index in [9.17, 15) is 0 Å². The van der Waals surface area contributed by atoms with Crippen molar-refractivity contribution in [3.8, 4) is 39.1 Å². The molecule has 2 nitrogen and oxygen atoms in total. The van der Waals surface area contributed by atoms with Crippen LogP contribution in [-0.2, 0) is 0 Å².